The van der Waals surface area contributed by atoms with Gasteiger partial charge in [0.25, 0.3) is 0 Å². The van der Waals surface area contributed by atoms with Gasteiger partial charge in [0.15, 0.2) is 0 Å². The Kier molecular flexibility index (Phi) is 8.14. The Balaban J connectivity index is 2.38. The van der Waals surface area contributed by atoms with Gasteiger partial charge >= 0.3 is 0 Å². The lowest BCUT2D eigenvalue weighted by atomic mass is 9.93. The molecule has 1 N–H and O–H groups in total. The van der Waals surface area contributed by atoms with E-state index in [0.717, 1.165) is 24.9 Å². The summed E-state index contributed by atoms with van der Waals surface area (Å²) in [4.78, 5) is 11.9. The predicted molar refractivity (Wildman–Crippen MR) is 81.2 cm³/mol. The molecule has 0 heterocycles. The minimum Gasteiger partial charge on any atom is -0.356 e. The fourth-order valence-electron chi connectivity index (χ4n) is 2.22. The van der Waals surface area contributed by atoms with E-state index in [2.05, 4.69) is 18.3 Å². The highest BCUT2D eigenvalue weighted by Crippen LogP contribution is 2.22. The molecule has 0 radical (unpaired) electrons. The molecule has 1 rings (SSSR count). The zero-order chi connectivity index (χ0) is 14.6. The average Bonchev–Trinajstić information content (AvgIpc) is 2.47. The SMILES string of the molecule is CCCCCCNC(=O)CC(CC#N)c1ccccc1. The first-order valence-electron chi connectivity index (χ1n) is 7.46. The Morgan fingerprint density at radius 1 is 1.25 bits per heavy atom. The van der Waals surface area contributed by atoms with Crippen molar-refractivity contribution in [2.45, 2.75) is 51.4 Å². The third-order valence-electron chi connectivity index (χ3n) is 3.39. The van der Waals surface area contributed by atoms with E-state index in [-0.39, 0.29) is 11.8 Å². The lowest BCUT2D eigenvalue weighted by Gasteiger charge is -2.14. The van der Waals surface area contributed by atoms with Crippen molar-refractivity contribution in [1.29, 1.82) is 5.26 Å². The van der Waals surface area contributed by atoms with Crippen molar-refractivity contribution < 1.29 is 4.79 Å². The van der Waals surface area contributed by atoms with Crippen molar-refractivity contribution in [1.82, 2.24) is 5.32 Å². The van der Waals surface area contributed by atoms with Crippen molar-refractivity contribution in [3.05, 3.63) is 35.9 Å². The molecule has 20 heavy (non-hydrogen) atoms. The second kappa shape index (κ2) is 10.0. The van der Waals surface area contributed by atoms with Gasteiger partial charge in [-0.2, -0.15) is 5.26 Å². The summed E-state index contributed by atoms with van der Waals surface area (Å²) in [5.74, 6) is 0.0439. The van der Waals surface area contributed by atoms with Crippen LogP contribution in [0.15, 0.2) is 30.3 Å². The molecule has 1 aromatic rings. The Morgan fingerprint density at radius 3 is 2.65 bits per heavy atom. The predicted octanol–water partition coefficient (Wildman–Crippen LogP) is 3.77. The van der Waals surface area contributed by atoms with Gasteiger partial charge in [-0.3, -0.25) is 4.79 Å². The maximum absolute atomic E-state index is 11.9. The topological polar surface area (TPSA) is 52.9 Å². The minimum atomic E-state index is -0.00292. The number of nitrogens with one attached hydrogen (secondary N) is 1. The van der Waals surface area contributed by atoms with Crippen molar-refractivity contribution in [3.63, 3.8) is 0 Å². The van der Waals surface area contributed by atoms with Crippen LogP contribution >= 0.6 is 0 Å². The summed E-state index contributed by atoms with van der Waals surface area (Å²) in [6.07, 6.45) is 5.40. The van der Waals surface area contributed by atoms with Crippen LogP contribution in [0.4, 0.5) is 0 Å². The van der Waals surface area contributed by atoms with Gasteiger partial charge in [0, 0.05) is 25.3 Å². The second-order valence-corrected chi connectivity index (χ2v) is 5.08. The Hall–Kier alpha value is -1.82. The molecule has 1 amide bonds. The smallest absolute Gasteiger partial charge is 0.220 e. The van der Waals surface area contributed by atoms with Gasteiger partial charge in [0.1, 0.15) is 0 Å². The Bertz CT molecular complexity index is 422. The standard InChI is InChI=1S/C17H24N2O/c1-2-3-4-8-13-19-17(20)14-16(11-12-18)15-9-6-5-7-10-15/h5-7,9-10,16H,2-4,8,11,13-14H2,1H3,(H,19,20). The highest BCUT2D eigenvalue weighted by Gasteiger charge is 2.15. The normalized spacial score (nSPS) is 11.6. The monoisotopic (exact) mass is 272 g/mol. The van der Waals surface area contributed by atoms with E-state index in [0.29, 0.717) is 12.8 Å². The molecule has 1 aromatic carbocycles. The maximum atomic E-state index is 11.9. The third kappa shape index (κ3) is 6.38. The molecule has 0 aliphatic carbocycles. The lowest BCUT2D eigenvalue weighted by Crippen LogP contribution is -2.26. The number of carbonyl (C=O) groups excluding carboxylic acids is 1. The summed E-state index contributed by atoms with van der Waals surface area (Å²) in [5.41, 5.74) is 1.06. The molecule has 3 heteroatoms. The summed E-state index contributed by atoms with van der Waals surface area (Å²) in [7, 11) is 0. The van der Waals surface area contributed by atoms with Crippen molar-refractivity contribution in [3.8, 4) is 6.07 Å². The molecule has 108 valence electrons. The van der Waals surface area contributed by atoms with E-state index in [1.807, 2.05) is 30.3 Å². The fourth-order valence-corrected chi connectivity index (χ4v) is 2.22. The number of unbranched alkanes of at least 4 members (excludes halogenated alkanes) is 3. The maximum Gasteiger partial charge on any atom is 0.220 e. The molecule has 0 saturated heterocycles. The third-order valence-corrected chi connectivity index (χ3v) is 3.39. The van der Waals surface area contributed by atoms with Crippen LogP contribution in [0.25, 0.3) is 0 Å². The van der Waals surface area contributed by atoms with E-state index in [1.54, 1.807) is 0 Å². The van der Waals surface area contributed by atoms with Gasteiger partial charge in [-0.25, -0.2) is 0 Å². The highest BCUT2D eigenvalue weighted by atomic mass is 16.1. The number of hydrogen-bond donors (Lipinski definition) is 1. The zero-order valence-corrected chi connectivity index (χ0v) is 12.3. The van der Waals surface area contributed by atoms with E-state index in [4.69, 9.17) is 5.26 Å². The van der Waals surface area contributed by atoms with Crippen LogP contribution in [0.3, 0.4) is 0 Å². The van der Waals surface area contributed by atoms with Gasteiger partial charge in [0.2, 0.25) is 5.91 Å². The number of rotatable bonds is 9. The summed E-state index contributed by atoms with van der Waals surface area (Å²) in [6, 6.07) is 12.0. The lowest BCUT2D eigenvalue weighted by molar-refractivity contribution is -0.121. The van der Waals surface area contributed by atoms with Crippen LogP contribution in [0, 0.1) is 11.3 Å². The number of nitrogens with zero attached hydrogens (tertiary/aromatic N) is 1. The summed E-state index contributed by atoms with van der Waals surface area (Å²) in [6.45, 7) is 2.91. The number of hydrogen-bond acceptors (Lipinski definition) is 2. The Morgan fingerprint density at radius 2 is 2.00 bits per heavy atom. The number of nitriles is 1. The quantitative estimate of drug-likeness (QED) is 0.696. The molecule has 3 nitrogen and oxygen atoms in total. The molecule has 0 bridgehead atoms. The molecule has 0 spiro atoms. The first-order chi connectivity index (χ1) is 9.77. The van der Waals surface area contributed by atoms with Crippen LogP contribution in [0.1, 0.15) is 56.9 Å². The molecular formula is C17H24N2O. The fraction of sp³-hybridized carbons (Fsp3) is 0.529. The van der Waals surface area contributed by atoms with Crippen LogP contribution < -0.4 is 5.32 Å². The molecule has 0 saturated carbocycles. The Labute approximate surface area is 122 Å². The van der Waals surface area contributed by atoms with E-state index in [1.165, 1.54) is 12.8 Å². The molecular weight excluding hydrogens is 248 g/mol. The van der Waals surface area contributed by atoms with Crippen LogP contribution in [0.2, 0.25) is 0 Å². The number of benzene rings is 1. The molecule has 0 aliphatic heterocycles. The summed E-state index contributed by atoms with van der Waals surface area (Å²) in [5, 5.41) is 11.9. The second-order valence-electron chi connectivity index (χ2n) is 5.08. The van der Waals surface area contributed by atoms with E-state index >= 15 is 0 Å². The molecule has 0 fully saturated rings. The van der Waals surface area contributed by atoms with Crippen LogP contribution in [-0.2, 0) is 4.79 Å². The minimum absolute atomic E-state index is 0.00292. The van der Waals surface area contributed by atoms with Gasteiger partial charge in [-0.05, 0) is 12.0 Å². The first kappa shape index (κ1) is 16.2. The van der Waals surface area contributed by atoms with E-state index in [9.17, 15) is 4.79 Å². The average molecular weight is 272 g/mol. The molecule has 1 unspecified atom stereocenters. The zero-order valence-electron chi connectivity index (χ0n) is 12.3. The van der Waals surface area contributed by atoms with E-state index < -0.39 is 0 Å². The molecule has 0 aromatic heterocycles. The summed E-state index contributed by atoms with van der Waals surface area (Å²) < 4.78 is 0. The van der Waals surface area contributed by atoms with Crippen LogP contribution in [0.5, 0.6) is 0 Å². The van der Waals surface area contributed by atoms with Gasteiger partial charge in [-0.15, -0.1) is 0 Å². The van der Waals surface area contributed by atoms with Gasteiger partial charge in [0.05, 0.1) is 6.07 Å². The van der Waals surface area contributed by atoms with Crippen molar-refractivity contribution in [2.24, 2.45) is 0 Å². The first-order valence-corrected chi connectivity index (χ1v) is 7.46. The largest absolute Gasteiger partial charge is 0.356 e. The number of amides is 1. The van der Waals surface area contributed by atoms with Gasteiger partial charge in [-0.1, -0.05) is 56.5 Å². The van der Waals surface area contributed by atoms with Crippen molar-refractivity contribution in [2.75, 3.05) is 6.54 Å². The number of carbonyl (C=O) groups is 1. The van der Waals surface area contributed by atoms with Gasteiger partial charge < -0.3 is 5.32 Å². The highest BCUT2D eigenvalue weighted by molar-refractivity contribution is 5.76. The molecule has 1 atom stereocenters. The summed E-state index contributed by atoms with van der Waals surface area (Å²) >= 11 is 0. The molecule has 0 aliphatic rings. The van der Waals surface area contributed by atoms with Crippen molar-refractivity contribution >= 4 is 5.91 Å². The van der Waals surface area contributed by atoms with Crippen LogP contribution in [-0.4, -0.2) is 12.5 Å².